The molecule has 2 aliphatic rings. The molecule has 0 radical (unpaired) electrons. The quantitative estimate of drug-likeness (QED) is 0.752. The minimum Gasteiger partial charge on any atom is -0.336 e. The van der Waals surface area contributed by atoms with Crippen molar-refractivity contribution in [1.82, 2.24) is 20.0 Å². The first-order chi connectivity index (χ1) is 12.7. The molecule has 5 nitrogen and oxygen atoms in total. The fourth-order valence-corrected chi connectivity index (χ4v) is 3.99. The summed E-state index contributed by atoms with van der Waals surface area (Å²) in [6.45, 7) is 10.5. The summed E-state index contributed by atoms with van der Waals surface area (Å²) in [5.41, 5.74) is 2.13. The molecular formula is C21H36Cl2N4O. The number of carbonyl (C=O) groups excluding carboxylic acids is 1. The van der Waals surface area contributed by atoms with Gasteiger partial charge in [-0.2, -0.15) is 0 Å². The molecule has 1 aromatic carbocycles. The van der Waals surface area contributed by atoms with E-state index in [1.807, 2.05) is 12.1 Å². The Morgan fingerprint density at radius 2 is 1.68 bits per heavy atom. The van der Waals surface area contributed by atoms with Gasteiger partial charge in [0.1, 0.15) is 0 Å². The summed E-state index contributed by atoms with van der Waals surface area (Å²) in [7, 11) is 2.18. The first-order valence-corrected chi connectivity index (χ1v) is 10.2. The molecule has 1 amide bonds. The van der Waals surface area contributed by atoms with Crippen LogP contribution < -0.4 is 5.32 Å². The number of hydrogen-bond acceptors (Lipinski definition) is 4. The summed E-state index contributed by atoms with van der Waals surface area (Å²) >= 11 is 0. The summed E-state index contributed by atoms with van der Waals surface area (Å²) in [5, 5.41) is 3.39. The Bertz CT molecular complexity index is 570. The van der Waals surface area contributed by atoms with Crippen LogP contribution in [0.4, 0.5) is 0 Å². The van der Waals surface area contributed by atoms with Crippen LogP contribution in [0.2, 0.25) is 0 Å². The van der Waals surface area contributed by atoms with Crippen molar-refractivity contribution in [3.05, 3.63) is 35.4 Å². The van der Waals surface area contributed by atoms with E-state index in [0.717, 1.165) is 77.2 Å². The highest BCUT2D eigenvalue weighted by molar-refractivity contribution is 5.94. The number of hydrogen-bond donors (Lipinski definition) is 1. The number of halogens is 2. The van der Waals surface area contributed by atoms with Crippen molar-refractivity contribution in [3.63, 3.8) is 0 Å². The molecular weight excluding hydrogens is 395 g/mol. The van der Waals surface area contributed by atoms with E-state index in [0.29, 0.717) is 6.04 Å². The molecule has 0 spiro atoms. The van der Waals surface area contributed by atoms with Gasteiger partial charge in [-0.3, -0.25) is 9.69 Å². The number of piperazine rings is 1. The smallest absolute Gasteiger partial charge is 0.254 e. The molecule has 2 saturated heterocycles. The maximum Gasteiger partial charge on any atom is 0.254 e. The average molecular weight is 431 g/mol. The number of nitrogens with one attached hydrogen (secondary N) is 1. The van der Waals surface area contributed by atoms with Gasteiger partial charge in [-0.05, 0) is 57.1 Å². The lowest BCUT2D eigenvalue weighted by molar-refractivity contribution is 0.0642. The highest BCUT2D eigenvalue weighted by Gasteiger charge is 2.25. The molecule has 1 aromatic rings. The number of piperidine rings is 1. The van der Waals surface area contributed by atoms with E-state index >= 15 is 0 Å². The maximum atomic E-state index is 13.1. The minimum atomic E-state index is 0. The van der Waals surface area contributed by atoms with Crippen molar-refractivity contribution in [2.24, 2.45) is 0 Å². The van der Waals surface area contributed by atoms with Crippen molar-refractivity contribution >= 4 is 30.7 Å². The molecule has 0 bridgehead atoms. The van der Waals surface area contributed by atoms with E-state index in [4.69, 9.17) is 0 Å². The second-order valence-corrected chi connectivity index (χ2v) is 7.76. The molecule has 2 heterocycles. The van der Waals surface area contributed by atoms with Crippen LogP contribution >= 0.6 is 24.8 Å². The zero-order chi connectivity index (χ0) is 18.4. The van der Waals surface area contributed by atoms with Crippen LogP contribution in [0.3, 0.4) is 0 Å². The van der Waals surface area contributed by atoms with Crippen molar-refractivity contribution in [3.8, 4) is 0 Å². The van der Waals surface area contributed by atoms with E-state index in [9.17, 15) is 4.79 Å². The number of nitrogens with zero attached hydrogens (tertiary/aromatic N) is 3. The zero-order valence-corrected chi connectivity index (χ0v) is 18.9. The van der Waals surface area contributed by atoms with Gasteiger partial charge in [0.15, 0.2) is 0 Å². The maximum absolute atomic E-state index is 13.1. The fourth-order valence-electron chi connectivity index (χ4n) is 3.99. The number of rotatable bonds is 6. The normalized spacial score (nSPS) is 18.8. The third-order valence-corrected chi connectivity index (χ3v) is 5.68. The monoisotopic (exact) mass is 430 g/mol. The molecule has 28 heavy (non-hydrogen) atoms. The SMILES string of the molecule is CCCN(C(=O)c1ccc(CN2CCN(C)CC2)cc1)C1CCNCC1.Cl.Cl. The van der Waals surface area contributed by atoms with Crippen molar-refractivity contribution in [2.45, 2.75) is 38.8 Å². The molecule has 0 unspecified atom stereocenters. The molecule has 3 rings (SSSR count). The third kappa shape index (κ3) is 6.89. The van der Waals surface area contributed by atoms with E-state index in [-0.39, 0.29) is 30.7 Å². The molecule has 160 valence electrons. The summed E-state index contributed by atoms with van der Waals surface area (Å²) in [6.07, 6.45) is 3.14. The van der Waals surface area contributed by atoms with Gasteiger partial charge in [-0.25, -0.2) is 0 Å². The second-order valence-electron chi connectivity index (χ2n) is 7.76. The summed E-state index contributed by atoms with van der Waals surface area (Å²) in [6, 6.07) is 8.71. The van der Waals surface area contributed by atoms with Gasteiger partial charge in [-0.15, -0.1) is 24.8 Å². The highest BCUT2D eigenvalue weighted by atomic mass is 35.5. The van der Waals surface area contributed by atoms with Crippen LogP contribution in [0.5, 0.6) is 0 Å². The molecule has 2 aliphatic heterocycles. The Morgan fingerprint density at radius 1 is 1.07 bits per heavy atom. The zero-order valence-electron chi connectivity index (χ0n) is 17.2. The predicted molar refractivity (Wildman–Crippen MR) is 121 cm³/mol. The van der Waals surface area contributed by atoms with Crippen molar-refractivity contribution in [2.75, 3.05) is 52.9 Å². The van der Waals surface area contributed by atoms with Crippen LogP contribution in [0, 0.1) is 0 Å². The number of benzene rings is 1. The molecule has 0 aromatic heterocycles. The molecule has 0 atom stereocenters. The van der Waals surface area contributed by atoms with Gasteiger partial charge in [0.25, 0.3) is 5.91 Å². The standard InChI is InChI=1S/C21H34N4O.2ClH/c1-3-12-25(20-8-10-22-11-9-20)21(26)19-6-4-18(5-7-19)17-24-15-13-23(2)14-16-24;;/h4-7,20,22H,3,8-17H2,1-2H3;2*1H. The number of amides is 1. The van der Waals surface area contributed by atoms with Crippen molar-refractivity contribution in [1.29, 1.82) is 0 Å². The second kappa shape index (κ2) is 12.7. The Balaban J connectivity index is 0.00000196. The first kappa shape index (κ1) is 25.2. The van der Waals surface area contributed by atoms with Crippen LogP contribution in [-0.2, 0) is 6.54 Å². The first-order valence-electron chi connectivity index (χ1n) is 10.2. The summed E-state index contributed by atoms with van der Waals surface area (Å²) in [4.78, 5) is 20.0. The molecule has 7 heteroatoms. The van der Waals surface area contributed by atoms with E-state index in [2.05, 4.69) is 46.1 Å². The lowest BCUT2D eigenvalue weighted by Gasteiger charge is -2.35. The topological polar surface area (TPSA) is 38.8 Å². The Kier molecular flexibility index (Phi) is 11.4. The van der Waals surface area contributed by atoms with Crippen LogP contribution in [0.15, 0.2) is 24.3 Å². The van der Waals surface area contributed by atoms with E-state index in [1.165, 1.54) is 5.56 Å². The van der Waals surface area contributed by atoms with E-state index in [1.54, 1.807) is 0 Å². The molecule has 2 fully saturated rings. The van der Waals surface area contributed by atoms with Gasteiger partial charge in [-0.1, -0.05) is 19.1 Å². The Morgan fingerprint density at radius 3 is 2.25 bits per heavy atom. The van der Waals surface area contributed by atoms with Crippen molar-refractivity contribution < 1.29 is 4.79 Å². The number of carbonyl (C=O) groups is 1. The summed E-state index contributed by atoms with van der Waals surface area (Å²) in [5.74, 6) is 0.199. The van der Waals surface area contributed by atoms with Gasteiger partial charge in [0, 0.05) is 50.9 Å². The van der Waals surface area contributed by atoms with Crippen LogP contribution in [-0.4, -0.2) is 79.5 Å². The van der Waals surface area contributed by atoms with Gasteiger partial charge in [0.05, 0.1) is 0 Å². The van der Waals surface area contributed by atoms with Gasteiger partial charge >= 0.3 is 0 Å². The Labute approximate surface area is 182 Å². The van der Waals surface area contributed by atoms with Gasteiger partial charge < -0.3 is 15.1 Å². The van der Waals surface area contributed by atoms with E-state index < -0.39 is 0 Å². The van der Waals surface area contributed by atoms with Crippen LogP contribution in [0.1, 0.15) is 42.1 Å². The summed E-state index contributed by atoms with van der Waals surface area (Å²) < 4.78 is 0. The number of likely N-dealkylation sites (N-methyl/N-ethyl adjacent to an activating group) is 1. The minimum absolute atomic E-state index is 0. The largest absolute Gasteiger partial charge is 0.336 e. The fraction of sp³-hybridized carbons (Fsp3) is 0.667. The molecule has 1 N–H and O–H groups in total. The Hall–Kier alpha value is -0.850. The molecule has 0 aliphatic carbocycles. The highest BCUT2D eigenvalue weighted by Crippen LogP contribution is 2.17. The molecule has 0 saturated carbocycles. The third-order valence-electron chi connectivity index (χ3n) is 5.68. The predicted octanol–water partition coefficient (Wildman–Crippen LogP) is 2.88. The average Bonchev–Trinajstić information content (AvgIpc) is 2.69. The van der Waals surface area contributed by atoms with Gasteiger partial charge in [0.2, 0.25) is 0 Å². The lowest BCUT2D eigenvalue weighted by atomic mass is 10.0. The van der Waals surface area contributed by atoms with Crippen LogP contribution in [0.25, 0.3) is 0 Å². The lowest BCUT2D eigenvalue weighted by Crippen LogP contribution is -2.46.